The predicted octanol–water partition coefficient (Wildman–Crippen LogP) is 3.76. The molecule has 0 aliphatic rings. The number of thiophene rings is 1. The minimum atomic E-state index is -0.109. The number of hydrogen-bond acceptors (Lipinski definition) is 4. The summed E-state index contributed by atoms with van der Waals surface area (Å²) in [6.07, 6.45) is 2.59. The van der Waals surface area contributed by atoms with E-state index in [1.807, 2.05) is 54.8 Å². The van der Waals surface area contributed by atoms with Crippen LogP contribution in [-0.4, -0.2) is 35.4 Å². The molecular weight excluding hydrogens is 334 g/mol. The van der Waals surface area contributed by atoms with Gasteiger partial charge in [-0.1, -0.05) is 24.3 Å². The normalized spacial score (nSPS) is 10.8. The number of hydrogen-bond donors (Lipinski definition) is 1. The number of nitrogens with one attached hydrogen (secondary N) is 1. The molecule has 0 bridgehead atoms. The second kappa shape index (κ2) is 8.60. The summed E-state index contributed by atoms with van der Waals surface area (Å²) >= 11 is 1.58. The molecule has 6 heteroatoms. The van der Waals surface area contributed by atoms with Gasteiger partial charge in [0.2, 0.25) is 0 Å². The van der Waals surface area contributed by atoms with E-state index in [1.165, 1.54) is 0 Å². The summed E-state index contributed by atoms with van der Waals surface area (Å²) in [5.41, 5.74) is 2.22. The van der Waals surface area contributed by atoms with Crippen LogP contribution in [0.25, 0.3) is 16.3 Å². The molecule has 0 fully saturated rings. The van der Waals surface area contributed by atoms with Crippen molar-refractivity contribution in [2.45, 2.75) is 13.3 Å². The van der Waals surface area contributed by atoms with E-state index in [-0.39, 0.29) is 5.91 Å². The summed E-state index contributed by atoms with van der Waals surface area (Å²) in [6.45, 7) is 3.89. The number of ether oxygens (including phenoxy) is 1. The van der Waals surface area contributed by atoms with E-state index in [2.05, 4.69) is 10.4 Å². The molecule has 0 unspecified atom stereocenters. The van der Waals surface area contributed by atoms with Gasteiger partial charge < -0.3 is 10.1 Å². The first-order valence-corrected chi connectivity index (χ1v) is 9.22. The van der Waals surface area contributed by atoms with Crippen molar-refractivity contribution < 1.29 is 9.53 Å². The highest BCUT2D eigenvalue weighted by atomic mass is 32.1. The van der Waals surface area contributed by atoms with Crippen molar-refractivity contribution in [2.24, 2.45) is 0 Å². The van der Waals surface area contributed by atoms with E-state index in [0.29, 0.717) is 31.0 Å². The van der Waals surface area contributed by atoms with Crippen LogP contribution in [0.1, 0.15) is 23.7 Å². The zero-order valence-electron chi connectivity index (χ0n) is 14.1. The number of aromatic nitrogens is 2. The fourth-order valence-corrected chi connectivity index (χ4v) is 3.19. The van der Waals surface area contributed by atoms with E-state index in [1.54, 1.807) is 22.2 Å². The third-order valence-electron chi connectivity index (χ3n) is 3.69. The van der Waals surface area contributed by atoms with Crippen molar-refractivity contribution in [3.63, 3.8) is 0 Å². The molecule has 3 rings (SSSR count). The van der Waals surface area contributed by atoms with Crippen LogP contribution in [-0.2, 0) is 4.74 Å². The van der Waals surface area contributed by atoms with Gasteiger partial charge in [0.15, 0.2) is 0 Å². The molecule has 0 aliphatic carbocycles. The predicted molar refractivity (Wildman–Crippen MR) is 100 cm³/mol. The van der Waals surface area contributed by atoms with Crippen molar-refractivity contribution in [1.82, 2.24) is 15.1 Å². The molecule has 0 radical (unpaired) electrons. The Kier molecular flexibility index (Phi) is 5.98. The number of amides is 1. The average molecular weight is 355 g/mol. The maximum Gasteiger partial charge on any atom is 0.255 e. The minimum absolute atomic E-state index is 0.109. The van der Waals surface area contributed by atoms with Crippen LogP contribution in [0.2, 0.25) is 0 Å². The summed E-state index contributed by atoms with van der Waals surface area (Å²) in [5.74, 6) is -0.109. The van der Waals surface area contributed by atoms with Gasteiger partial charge in [-0.25, -0.2) is 4.68 Å². The zero-order chi connectivity index (χ0) is 17.5. The van der Waals surface area contributed by atoms with Crippen LogP contribution in [0.15, 0.2) is 54.0 Å². The molecule has 130 valence electrons. The largest absolute Gasteiger partial charge is 0.382 e. The SMILES string of the molecule is CCOCCCNC(=O)c1cn(-c2ccccc2)nc1-c1cccs1. The van der Waals surface area contributed by atoms with Crippen molar-refractivity contribution >= 4 is 17.2 Å². The fourth-order valence-electron chi connectivity index (χ4n) is 2.46. The van der Waals surface area contributed by atoms with Gasteiger partial charge in [-0.3, -0.25) is 4.79 Å². The van der Waals surface area contributed by atoms with E-state index in [4.69, 9.17) is 4.74 Å². The van der Waals surface area contributed by atoms with Gasteiger partial charge in [-0.05, 0) is 36.9 Å². The van der Waals surface area contributed by atoms with Crippen LogP contribution in [0.4, 0.5) is 0 Å². The number of rotatable bonds is 8. The lowest BCUT2D eigenvalue weighted by Crippen LogP contribution is -2.25. The van der Waals surface area contributed by atoms with Gasteiger partial charge in [-0.15, -0.1) is 11.3 Å². The number of para-hydroxylation sites is 1. The molecule has 1 N–H and O–H groups in total. The molecule has 0 atom stereocenters. The van der Waals surface area contributed by atoms with Crippen LogP contribution in [0, 0.1) is 0 Å². The van der Waals surface area contributed by atoms with E-state index < -0.39 is 0 Å². The van der Waals surface area contributed by atoms with Crippen molar-refractivity contribution in [3.05, 3.63) is 59.6 Å². The van der Waals surface area contributed by atoms with E-state index in [0.717, 1.165) is 17.0 Å². The Morgan fingerprint density at radius 2 is 2.08 bits per heavy atom. The molecule has 0 saturated heterocycles. The van der Waals surface area contributed by atoms with Crippen molar-refractivity contribution in [1.29, 1.82) is 0 Å². The molecule has 2 aromatic heterocycles. The Labute approximate surface area is 151 Å². The van der Waals surface area contributed by atoms with Gasteiger partial charge in [-0.2, -0.15) is 5.10 Å². The molecule has 3 aromatic rings. The Bertz CT molecular complexity index is 797. The number of carbonyl (C=O) groups excluding carboxylic acids is 1. The van der Waals surface area contributed by atoms with Crippen LogP contribution >= 0.6 is 11.3 Å². The summed E-state index contributed by atoms with van der Waals surface area (Å²) in [6, 6.07) is 13.7. The minimum Gasteiger partial charge on any atom is -0.382 e. The summed E-state index contributed by atoms with van der Waals surface area (Å²) < 4.78 is 7.05. The third kappa shape index (κ3) is 4.35. The Morgan fingerprint density at radius 1 is 1.24 bits per heavy atom. The lowest BCUT2D eigenvalue weighted by molar-refractivity contribution is 0.0945. The van der Waals surface area contributed by atoms with Gasteiger partial charge >= 0.3 is 0 Å². The van der Waals surface area contributed by atoms with E-state index in [9.17, 15) is 4.79 Å². The molecule has 0 spiro atoms. The quantitative estimate of drug-likeness (QED) is 0.626. The first-order chi connectivity index (χ1) is 12.3. The van der Waals surface area contributed by atoms with Crippen LogP contribution in [0.5, 0.6) is 0 Å². The molecule has 1 amide bonds. The van der Waals surface area contributed by atoms with Crippen LogP contribution in [0.3, 0.4) is 0 Å². The smallest absolute Gasteiger partial charge is 0.255 e. The number of benzene rings is 1. The first-order valence-electron chi connectivity index (χ1n) is 8.34. The monoisotopic (exact) mass is 355 g/mol. The van der Waals surface area contributed by atoms with Gasteiger partial charge in [0.05, 0.1) is 16.1 Å². The molecule has 1 aromatic carbocycles. The van der Waals surface area contributed by atoms with E-state index >= 15 is 0 Å². The van der Waals surface area contributed by atoms with Gasteiger partial charge in [0.25, 0.3) is 5.91 Å². The Morgan fingerprint density at radius 3 is 2.80 bits per heavy atom. The van der Waals surface area contributed by atoms with Gasteiger partial charge in [0.1, 0.15) is 5.69 Å². The summed E-state index contributed by atoms with van der Waals surface area (Å²) in [7, 11) is 0. The lowest BCUT2D eigenvalue weighted by atomic mass is 10.2. The molecule has 25 heavy (non-hydrogen) atoms. The van der Waals surface area contributed by atoms with Crippen LogP contribution < -0.4 is 5.32 Å². The van der Waals surface area contributed by atoms with Gasteiger partial charge in [0, 0.05) is 26.0 Å². The molecule has 0 saturated carbocycles. The van der Waals surface area contributed by atoms with Crippen molar-refractivity contribution in [2.75, 3.05) is 19.8 Å². The number of carbonyl (C=O) groups is 1. The lowest BCUT2D eigenvalue weighted by Gasteiger charge is -2.05. The Balaban J connectivity index is 1.81. The maximum atomic E-state index is 12.6. The second-order valence-corrected chi connectivity index (χ2v) is 6.40. The topological polar surface area (TPSA) is 56.1 Å². The highest BCUT2D eigenvalue weighted by Crippen LogP contribution is 2.27. The highest BCUT2D eigenvalue weighted by molar-refractivity contribution is 7.13. The standard InChI is InChI=1S/C19H21N3O2S/c1-2-24-12-7-11-20-19(23)16-14-22(15-8-4-3-5-9-15)21-18(16)17-10-6-13-25-17/h3-6,8-10,13-14H,2,7,11-12H2,1H3,(H,20,23). The molecule has 2 heterocycles. The summed E-state index contributed by atoms with van der Waals surface area (Å²) in [4.78, 5) is 13.6. The number of nitrogens with zero attached hydrogens (tertiary/aromatic N) is 2. The third-order valence-corrected chi connectivity index (χ3v) is 4.57. The maximum absolute atomic E-state index is 12.6. The molecule has 5 nitrogen and oxygen atoms in total. The van der Waals surface area contributed by atoms with Crippen molar-refractivity contribution in [3.8, 4) is 16.3 Å². The first kappa shape index (κ1) is 17.4. The molecular formula is C19H21N3O2S. The molecule has 0 aliphatic heterocycles. The average Bonchev–Trinajstić information content (AvgIpc) is 3.31. The zero-order valence-corrected chi connectivity index (χ0v) is 15.0. The summed E-state index contributed by atoms with van der Waals surface area (Å²) in [5, 5.41) is 9.59. The second-order valence-electron chi connectivity index (χ2n) is 5.46. The fraction of sp³-hybridized carbons (Fsp3) is 0.263. The Hall–Kier alpha value is -2.44. The highest BCUT2D eigenvalue weighted by Gasteiger charge is 2.19.